The first-order valence-electron chi connectivity index (χ1n) is 8.58. The summed E-state index contributed by atoms with van der Waals surface area (Å²) in [6.45, 7) is 2.19. The fourth-order valence-corrected chi connectivity index (χ4v) is 2.87. The molecule has 0 saturated heterocycles. The molecule has 1 aliphatic heterocycles. The van der Waals surface area contributed by atoms with Crippen molar-refractivity contribution in [3.05, 3.63) is 70.5 Å². The van der Waals surface area contributed by atoms with E-state index in [9.17, 15) is 4.79 Å². The highest BCUT2D eigenvalue weighted by Crippen LogP contribution is 2.35. The first-order chi connectivity index (χ1) is 13.7. The van der Waals surface area contributed by atoms with Crippen LogP contribution in [0.3, 0.4) is 0 Å². The number of fused-ring (bicyclic) bond motifs is 1. The number of hydrogen-bond acceptors (Lipinski definition) is 7. The van der Waals surface area contributed by atoms with E-state index in [2.05, 4.69) is 15.2 Å². The third kappa shape index (κ3) is 2.81. The highest BCUT2D eigenvalue weighted by Gasteiger charge is 2.19. The van der Waals surface area contributed by atoms with Gasteiger partial charge in [-0.1, -0.05) is 22.9 Å². The van der Waals surface area contributed by atoms with Gasteiger partial charge >= 0.3 is 0 Å². The minimum Gasteiger partial charge on any atom is -0.454 e. The van der Waals surface area contributed by atoms with Gasteiger partial charge in [-0.2, -0.15) is 10.1 Å². The SMILES string of the molecule is Cc1ccc(-n2ccc(=O)c(-c3nc(-c4ccc5c(c4)OCO5)no3)n2)cc1. The Bertz CT molecular complexity index is 1230. The van der Waals surface area contributed by atoms with E-state index in [4.69, 9.17) is 14.0 Å². The Morgan fingerprint density at radius 3 is 2.68 bits per heavy atom. The van der Waals surface area contributed by atoms with Crippen molar-refractivity contribution >= 4 is 0 Å². The molecule has 0 unspecified atom stereocenters. The van der Waals surface area contributed by atoms with Crippen molar-refractivity contribution < 1.29 is 14.0 Å². The van der Waals surface area contributed by atoms with Gasteiger partial charge in [0.25, 0.3) is 5.89 Å². The third-order valence-electron chi connectivity index (χ3n) is 4.37. The molecule has 0 radical (unpaired) electrons. The van der Waals surface area contributed by atoms with Crippen LogP contribution in [-0.2, 0) is 0 Å². The van der Waals surface area contributed by atoms with Crippen LogP contribution in [0.5, 0.6) is 11.5 Å². The number of aryl methyl sites for hydroxylation is 1. The maximum absolute atomic E-state index is 12.3. The van der Waals surface area contributed by atoms with Crippen molar-refractivity contribution in [1.82, 2.24) is 19.9 Å². The molecule has 4 aromatic rings. The predicted octanol–water partition coefficient (Wildman–Crippen LogP) is 2.99. The van der Waals surface area contributed by atoms with Crippen LogP contribution in [0.4, 0.5) is 0 Å². The second-order valence-electron chi connectivity index (χ2n) is 6.30. The maximum Gasteiger partial charge on any atom is 0.282 e. The van der Waals surface area contributed by atoms with Crippen LogP contribution in [0.2, 0.25) is 0 Å². The molecular weight excluding hydrogens is 360 g/mol. The monoisotopic (exact) mass is 374 g/mol. The summed E-state index contributed by atoms with van der Waals surface area (Å²) in [4.78, 5) is 16.7. The second-order valence-corrected chi connectivity index (χ2v) is 6.30. The fraction of sp³-hybridized carbons (Fsp3) is 0.100. The molecule has 28 heavy (non-hydrogen) atoms. The van der Waals surface area contributed by atoms with Gasteiger partial charge < -0.3 is 14.0 Å². The molecule has 0 atom stereocenters. The molecule has 0 aliphatic carbocycles. The molecule has 5 rings (SSSR count). The van der Waals surface area contributed by atoms with Crippen LogP contribution in [0.25, 0.3) is 28.7 Å². The van der Waals surface area contributed by atoms with E-state index in [1.807, 2.05) is 31.2 Å². The summed E-state index contributed by atoms with van der Waals surface area (Å²) in [6, 6.07) is 14.5. The lowest BCUT2D eigenvalue weighted by molar-refractivity contribution is 0.174. The minimum absolute atomic E-state index is 0.0547. The first kappa shape index (κ1) is 16.2. The van der Waals surface area contributed by atoms with Gasteiger partial charge in [0.1, 0.15) is 0 Å². The van der Waals surface area contributed by atoms with Gasteiger partial charge in [0.2, 0.25) is 18.0 Å². The van der Waals surface area contributed by atoms with Crippen molar-refractivity contribution in [3.8, 4) is 40.2 Å². The van der Waals surface area contributed by atoms with Crippen LogP contribution in [0, 0.1) is 6.92 Å². The Hall–Kier alpha value is -3.94. The second kappa shape index (κ2) is 6.34. The normalized spacial score (nSPS) is 12.3. The average Bonchev–Trinajstić information content (AvgIpc) is 3.38. The molecular formula is C20H14N4O4. The number of benzene rings is 2. The molecule has 8 nitrogen and oxygen atoms in total. The summed E-state index contributed by atoms with van der Waals surface area (Å²) in [5.74, 6) is 1.67. The van der Waals surface area contributed by atoms with Gasteiger partial charge in [0.15, 0.2) is 17.2 Å². The van der Waals surface area contributed by atoms with E-state index in [0.29, 0.717) is 22.9 Å². The maximum atomic E-state index is 12.3. The van der Waals surface area contributed by atoms with Crippen molar-refractivity contribution in [1.29, 1.82) is 0 Å². The molecule has 0 fully saturated rings. The Balaban J connectivity index is 1.52. The standard InChI is InChI=1S/C20H14N4O4/c1-12-2-5-14(6-3-12)24-9-8-15(25)18(22-24)20-21-19(23-28-20)13-4-7-16-17(10-13)27-11-26-16/h2-10H,11H2,1H3. The van der Waals surface area contributed by atoms with E-state index >= 15 is 0 Å². The van der Waals surface area contributed by atoms with Gasteiger partial charge in [-0.3, -0.25) is 4.79 Å². The molecule has 0 N–H and O–H groups in total. The van der Waals surface area contributed by atoms with E-state index < -0.39 is 0 Å². The Morgan fingerprint density at radius 1 is 1.00 bits per heavy atom. The predicted molar refractivity (Wildman–Crippen MR) is 99.4 cm³/mol. The van der Waals surface area contributed by atoms with Gasteiger partial charge in [-0.25, -0.2) is 4.68 Å². The Morgan fingerprint density at radius 2 is 1.82 bits per heavy atom. The quantitative estimate of drug-likeness (QED) is 0.544. The van der Waals surface area contributed by atoms with Crippen molar-refractivity contribution in [3.63, 3.8) is 0 Å². The summed E-state index contributed by atoms with van der Waals surface area (Å²) in [5.41, 5.74) is 2.43. The number of rotatable bonds is 3. The summed E-state index contributed by atoms with van der Waals surface area (Å²) >= 11 is 0. The molecule has 8 heteroatoms. The van der Waals surface area contributed by atoms with E-state index in [0.717, 1.165) is 11.3 Å². The summed E-state index contributed by atoms with van der Waals surface area (Å²) in [6.07, 6.45) is 1.60. The lowest BCUT2D eigenvalue weighted by Crippen LogP contribution is -2.12. The molecule has 2 aromatic heterocycles. The molecule has 138 valence electrons. The van der Waals surface area contributed by atoms with Crippen LogP contribution < -0.4 is 14.9 Å². The number of aromatic nitrogens is 4. The zero-order valence-corrected chi connectivity index (χ0v) is 14.8. The van der Waals surface area contributed by atoms with Crippen LogP contribution in [0.1, 0.15) is 5.56 Å². The third-order valence-corrected chi connectivity index (χ3v) is 4.37. The van der Waals surface area contributed by atoms with Crippen LogP contribution in [0.15, 0.2) is 64.0 Å². The zero-order valence-electron chi connectivity index (χ0n) is 14.8. The van der Waals surface area contributed by atoms with E-state index in [1.54, 1.807) is 29.1 Å². The van der Waals surface area contributed by atoms with Gasteiger partial charge in [-0.15, -0.1) is 0 Å². The highest BCUT2D eigenvalue weighted by molar-refractivity contribution is 5.62. The number of hydrogen-bond donors (Lipinski definition) is 0. The van der Waals surface area contributed by atoms with Crippen LogP contribution >= 0.6 is 0 Å². The average molecular weight is 374 g/mol. The number of nitrogens with zero attached hydrogens (tertiary/aromatic N) is 4. The molecule has 0 bridgehead atoms. The Labute approximate surface area is 159 Å². The molecule has 1 aliphatic rings. The zero-order chi connectivity index (χ0) is 19.1. The lowest BCUT2D eigenvalue weighted by Gasteiger charge is -2.05. The highest BCUT2D eigenvalue weighted by atomic mass is 16.7. The lowest BCUT2D eigenvalue weighted by atomic mass is 10.2. The molecule has 3 heterocycles. The summed E-state index contributed by atoms with van der Waals surface area (Å²) in [7, 11) is 0. The molecule has 0 saturated carbocycles. The molecule has 0 spiro atoms. The summed E-state index contributed by atoms with van der Waals surface area (Å²) < 4.78 is 17.6. The number of ether oxygens (including phenoxy) is 2. The minimum atomic E-state index is -0.302. The first-order valence-corrected chi connectivity index (χ1v) is 8.58. The van der Waals surface area contributed by atoms with Crippen molar-refractivity contribution in [2.45, 2.75) is 6.92 Å². The van der Waals surface area contributed by atoms with E-state index in [-0.39, 0.29) is 23.8 Å². The fourth-order valence-electron chi connectivity index (χ4n) is 2.87. The van der Waals surface area contributed by atoms with Gasteiger partial charge in [0.05, 0.1) is 5.69 Å². The van der Waals surface area contributed by atoms with Gasteiger partial charge in [0, 0.05) is 17.8 Å². The largest absolute Gasteiger partial charge is 0.454 e. The smallest absolute Gasteiger partial charge is 0.282 e. The Kier molecular flexibility index (Phi) is 3.68. The van der Waals surface area contributed by atoms with Crippen LogP contribution in [-0.4, -0.2) is 26.7 Å². The molecule has 2 aromatic carbocycles. The van der Waals surface area contributed by atoms with Gasteiger partial charge in [-0.05, 0) is 37.3 Å². The molecule has 0 amide bonds. The van der Waals surface area contributed by atoms with Crippen molar-refractivity contribution in [2.75, 3.05) is 6.79 Å². The van der Waals surface area contributed by atoms with E-state index in [1.165, 1.54) is 6.07 Å². The summed E-state index contributed by atoms with van der Waals surface area (Å²) in [5, 5.41) is 8.34. The topological polar surface area (TPSA) is 92.3 Å². The van der Waals surface area contributed by atoms with Crippen molar-refractivity contribution in [2.24, 2.45) is 0 Å².